The summed E-state index contributed by atoms with van der Waals surface area (Å²) in [5.74, 6) is 1.57. The van der Waals surface area contributed by atoms with Crippen LogP contribution in [0.15, 0.2) is 27.6 Å². The van der Waals surface area contributed by atoms with Crippen molar-refractivity contribution in [2.24, 2.45) is 0 Å². The van der Waals surface area contributed by atoms with Crippen molar-refractivity contribution in [1.29, 1.82) is 0 Å². The Morgan fingerprint density at radius 2 is 1.91 bits per heavy atom. The van der Waals surface area contributed by atoms with Crippen LogP contribution in [-0.4, -0.2) is 26.8 Å². The Balaban J connectivity index is 1.77. The monoisotopic (exact) mass is 324 g/mol. The Labute approximate surface area is 128 Å². The molecule has 1 aromatic carbocycles. The van der Waals surface area contributed by atoms with E-state index in [1.54, 1.807) is 32.0 Å². The predicted octanol–water partition coefficient (Wildman–Crippen LogP) is 1.54. The van der Waals surface area contributed by atoms with Gasteiger partial charge in [-0.05, 0) is 31.5 Å². The maximum atomic E-state index is 12.3. The van der Waals surface area contributed by atoms with Gasteiger partial charge in [-0.15, -0.1) is 0 Å². The van der Waals surface area contributed by atoms with Crippen LogP contribution >= 0.6 is 0 Å². The molecule has 1 aromatic heterocycles. The highest BCUT2D eigenvalue weighted by Crippen LogP contribution is 2.30. The maximum absolute atomic E-state index is 12.3. The maximum Gasteiger partial charge on any atom is 0.246 e. The van der Waals surface area contributed by atoms with E-state index in [1.807, 2.05) is 0 Å². The molecule has 0 unspecified atom stereocenters. The number of nitrogens with one attached hydrogen (secondary N) is 1. The van der Waals surface area contributed by atoms with Gasteiger partial charge in [0.2, 0.25) is 10.0 Å². The molecule has 0 bridgehead atoms. The van der Waals surface area contributed by atoms with Gasteiger partial charge in [-0.1, -0.05) is 11.2 Å². The van der Waals surface area contributed by atoms with Crippen LogP contribution in [0.1, 0.15) is 17.0 Å². The van der Waals surface area contributed by atoms with Gasteiger partial charge in [0.05, 0.1) is 0 Å². The van der Waals surface area contributed by atoms with Gasteiger partial charge in [0.1, 0.15) is 23.8 Å². The van der Waals surface area contributed by atoms with Crippen molar-refractivity contribution < 1.29 is 22.4 Å². The molecule has 1 aliphatic rings. The Bertz CT molecular complexity index is 778. The van der Waals surface area contributed by atoms with Crippen LogP contribution in [0.4, 0.5) is 0 Å². The fraction of sp³-hybridized carbons (Fsp3) is 0.357. The minimum absolute atomic E-state index is 0.0880. The third kappa shape index (κ3) is 2.79. The van der Waals surface area contributed by atoms with Crippen molar-refractivity contribution >= 4 is 10.0 Å². The summed E-state index contributed by atoms with van der Waals surface area (Å²) < 4.78 is 43.0. The molecule has 0 amide bonds. The van der Waals surface area contributed by atoms with Crippen molar-refractivity contribution in [3.05, 3.63) is 35.2 Å². The Morgan fingerprint density at radius 1 is 1.18 bits per heavy atom. The number of hydrogen-bond acceptors (Lipinski definition) is 6. The molecule has 0 radical (unpaired) electrons. The fourth-order valence-corrected chi connectivity index (χ4v) is 3.65. The first-order valence-electron chi connectivity index (χ1n) is 6.78. The molecule has 0 spiro atoms. The number of aryl methyl sites for hydroxylation is 2. The van der Waals surface area contributed by atoms with E-state index in [2.05, 4.69) is 9.88 Å². The average molecular weight is 324 g/mol. The summed E-state index contributed by atoms with van der Waals surface area (Å²) in [5, 5.41) is 3.66. The largest absolute Gasteiger partial charge is 0.486 e. The van der Waals surface area contributed by atoms with Crippen LogP contribution in [0.5, 0.6) is 11.5 Å². The molecule has 1 aliphatic heterocycles. The van der Waals surface area contributed by atoms with E-state index >= 15 is 0 Å². The van der Waals surface area contributed by atoms with Gasteiger partial charge in [0.15, 0.2) is 17.3 Å². The molecule has 0 saturated carbocycles. The van der Waals surface area contributed by atoms with E-state index in [1.165, 1.54) is 0 Å². The third-order valence-corrected chi connectivity index (χ3v) is 4.95. The first-order chi connectivity index (χ1) is 10.5. The van der Waals surface area contributed by atoms with Gasteiger partial charge >= 0.3 is 0 Å². The van der Waals surface area contributed by atoms with Crippen LogP contribution in [0.3, 0.4) is 0 Å². The van der Waals surface area contributed by atoms with Gasteiger partial charge in [0, 0.05) is 6.54 Å². The smallest absolute Gasteiger partial charge is 0.246 e. The number of fused-ring (bicyclic) bond motifs is 1. The first-order valence-corrected chi connectivity index (χ1v) is 8.27. The molecule has 2 heterocycles. The Kier molecular flexibility index (Phi) is 3.79. The number of ether oxygens (including phenoxy) is 2. The Morgan fingerprint density at radius 3 is 2.59 bits per heavy atom. The highest BCUT2D eigenvalue weighted by atomic mass is 32.2. The summed E-state index contributed by atoms with van der Waals surface area (Å²) >= 11 is 0. The van der Waals surface area contributed by atoms with E-state index in [-0.39, 0.29) is 17.2 Å². The molecular weight excluding hydrogens is 308 g/mol. The second-order valence-electron chi connectivity index (χ2n) is 4.96. The van der Waals surface area contributed by atoms with Crippen LogP contribution in [0, 0.1) is 13.8 Å². The lowest BCUT2D eigenvalue weighted by Gasteiger charge is -2.19. The number of nitrogens with zero attached hydrogens (tertiary/aromatic N) is 1. The quantitative estimate of drug-likeness (QED) is 0.917. The van der Waals surface area contributed by atoms with E-state index in [4.69, 9.17) is 14.0 Å². The molecule has 0 aliphatic carbocycles. The summed E-state index contributed by atoms with van der Waals surface area (Å²) in [5.41, 5.74) is 1.12. The lowest BCUT2D eigenvalue weighted by atomic mass is 10.2. The van der Waals surface area contributed by atoms with Crippen molar-refractivity contribution in [1.82, 2.24) is 9.88 Å². The van der Waals surface area contributed by atoms with Crippen LogP contribution in [-0.2, 0) is 16.6 Å². The minimum atomic E-state index is -3.68. The molecular formula is C14H16N2O5S. The van der Waals surface area contributed by atoms with Crippen molar-refractivity contribution in [3.63, 3.8) is 0 Å². The molecule has 118 valence electrons. The standard InChI is InChI=1S/C14H16N2O5S/c1-9-14(10(2)21-16-9)22(17,18)15-8-11-3-4-12-13(7-11)20-6-5-19-12/h3-4,7,15H,5-6,8H2,1-2H3. The molecule has 1 N–H and O–H groups in total. The number of benzene rings is 1. The van der Waals surface area contributed by atoms with Crippen LogP contribution in [0.25, 0.3) is 0 Å². The summed E-state index contributed by atoms with van der Waals surface area (Å²) in [6.45, 7) is 4.31. The number of hydrogen-bond donors (Lipinski definition) is 1. The van der Waals surface area contributed by atoms with Crippen molar-refractivity contribution in [3.8, 4) is 11.5 Å². The predicted molar refractivity (Wildman–Crippen MR) is 77.4 cm³/mol. The van der Waals surface area contributed by atoms with Crippen LogP contribution < -0.4 is 14.2 Å². The number of sulfonamides is 1. The van der Waals surface area contributed by atoms with Gasteiger partial charge in [-0.2, -0.15) is 0 Å². The highest BCUT2D eigenvalue weighted by molar-refractivity contribution is 7.89. The second-order valence-corrected chi connectivity index (χ2v) is 6.66. The van der Waals surface area contributed by atoms with Crippen molar-refractivity contribution in [2.75, 3.05) is 13.2 Å². The molecule has 0 saturated heterocycles. The molecule has 0 atom stereocenters. The second kappa shape index (κ2) is 5.62. The SMILES string of the molecule is Cc1noc(C)c1S(=O)(=O)NCc1ccc2c(c1)OCCO2. The summed E-state index contributed by atoms with van der Waals surface area (Å²) in [7, 11) is -3.68. The molecule has 7 nitrogen and oxygen atoms in total. The molecule has 2 aromatic rings. The van der Waals surface area contributed by atoms with E-state index in [0.29, 0.717) is 30.4 Å². The zero-order valence-electron chi connectivity index (χ0n) is 12.3. The topological polar surface area (TPSA) is 90.7 Å². The normalized spacial score (nSPS) is 14.1. The lowest BCUT2D eigenvalue weighted by molar-refractivity contribution is 0.171. The number of rotatable bonds is 4. The minimum Gasteiger partial charge on any atom is -0.486 e. The van der Waals surface area contributed by atoms with Gasteiger partial charge < -0.3 is 14.0 Å². The summed E-state index contributed by atoms with van der Waals surface area (Å²) in [4.78, 5) is 0.0880. The fourth-order valence-electron chi connectivity index (χ4n) is 2.31. The Hall–Kier alpha value is -2.06. The molecule has 0 fully saturated rings. The van der Waals surface area contributed by atoms with Gasteiger partial charge in [0.25, 0.3) is 0 Å². The molecule has 22 heavy (non-hydrogen) atoms. The van der Waals surface area contributed by atoms with E-state index < -0.39 is 10.0 Å². The first kappa shape index (κ1) is 14.9. The van der Waals surface area contributed by atoms with E-state index in [9.17, 15) is 8.42 Å². The van der Waals surface area contributed by atoms with Gasteiger partial charge in [-0.3, -0.25) is 0 Å². The lowest BCUT2D eigenvalue weighted by Crippen LogP contribution is -2.24. The van der Waals surface area contributed by atoms with Gasteiger partial charge in [-0.25, -0.2) is 13.1 Å². The zero-order chi connectivity index (χ0) is 15.7. The summed E-state index contributed by atoms with van der Waals surface area (Å²) in [6, 6.07) is 5.34. The highest BCUT2D eigenvalue weighted by Gasteiger charge is 2.24. The average Bonchev–Trinajstić information content (AvgIpc) is 2.85. The van der Waals surface area contributed by atoms with Crippen LogP contribution in [0.2, 0.25) is 0 Å². The zero-order valence-corrected chi connectivity index (χ0v) is 13.1. The summed E-state index contributed by atoms with van der Waals surface area (Å²) in [6.07, 6.45) is 0. The number of aromatic nitrogens is 1. The third-order valence-electron chi connectivity index (χ3n) is 3.31. The molecule has 3 rings (SSSR count). The van der Waals surface area contributed by atoms with E-state index in [0.717, 1.165) is 5.56 Å². The van der Waals surface area contributed by atoms with Crippen molar-refractivity contribution in [2.45, 2.75) is 25.3 Å². The molecule has 8 heteroatoms.